The molecule has 16 heavy (non-hydrogen) atoms. The normalized spacial score (nSPS) is 13.4. The van der Waals surface area contributed by atoms with E-state index in [2.05, 4.69) is 0 Å². The van der Waals surface area contributed by atoms with Gasteiger partial charge in [-0.2, -0.15) is 0 Å². The maximum atomic E-state index is 12.3. The first-order chi connectivity index (χ1) is 7.54. The molecule has 0 heterocycles. The second kappa shape index (κ2) is 5.80. The molecule has 1 aromatic rings. The van der Waals surface area contributed by atoms with Crippen LogP contribution in [0, 0.1) is 0 Å². The minimum absolute atomic E-state index is 0.0328. The summed E-state index contributed by atoms with van der Waals surface area (Å²) in [4.78, 5) is 1.64. The van der Waals surface area contributed by atoms with Crippen LogP contribution >= 0.6 is 0 Å². The highest BCUT2D eigenvalue weighted by atomic mass is 19.3. The van der Waals surface area contributed by atoms with Crippen molar-refractivity contribution < 1.29 is 13.9 Å². The monoisotopic (exact) mass is 229 g/mol. The molecule has 0 radical (unpaired) electrons. The van der Waals surface area contributed by atoms with Crippen molar-refractivity contribution in [3.63, 3.8) is 0 Å². The second-order valence-electron chi connectivity index (χ2n) is 3.85. The Morgan fingerprint density at radius 3 is 2.25 bits per heavy atom. The Morgan fingerprint density at radius 1 is 1.25 bits per heavy atom. The molecule has 0 aliphatic rings. The molecule has 0 saturated carbocycles. The zero-order valence-electron chi connectivity index (χ0n) is 9.53. The van der Waals surface area contributed by atoms with Gasteiger partial charge in [-0.15, -0.1) is 0 Å². The number of aromatic hydroxyl groups is 1. The molecule has 0 fully saturated rings. The summed E-state index contributed by atoms with van der Waals surface area (Å²) in [5, 5.41) is 9.16. The molecule has 90 valence electrons. The summed E-state index contributed by atoms with van der Waals surface area (Å²) >= 11 is 0. The van der Waals surface area contributed by atoms with Crippen molar-refractivity contribution in [3.05, 3.63) is 29.8 Å². The number of phenolic OH excluding ortho intramolecular Hbond substituents is 1. The van der Waals surface area contributed by atoms with E-state index in [1.807, 2.05) is 6.92 Å². The molecule has 4 heteroatoms. The minimum atomic E-state index is -2.32. The summed E-state index contributed by atoms with van der Waals surface area (Å²) in [6.07, 6.45) is -1.57. The van der Waals surface area contributed by atoms with Gasteiger partial charge < -0.3 is 5.11 Å². The van der Waals surface area contributed by atoms with Crippen molar-refractivity contribution in [2.24, 2.45) is 0 Å². The molecule has 0 amide bonds. The lowest BCUT2D eigenvalue weighted by Gasteiger charge is -2.27. The molecule has 0 saturated heterocycles. The summed E-state index contributed by atoms with van der Waals surface area (Å²) in [7, 11) is 1.69. The number of phenols is 1. The number of benzene rings is 1. The van der Waals surface area contributed by atoms with Crippen molar-refractivity contribution in [1.82, 2.24) is 4.90 Å². The van der Waals surface area contributed by atoms with Crippen LogP contribution in [0.4, 0.5) is 8.78 Å². The molecule has 1 atom stereocenters. The number of halogens is 2. The maximum Gasteiger partial charge on any atom is 0.251 e. The fraction of sp³-hybridized carbons (Fsp3) is 0.500. The third-order valence-electron chi connectivity index (χ3n) is 2.62. The highest BCUT2D eigenvalue weighted by Crippen LogP contribution is 2.24. The van der Waals surface area contributed by atoms with E-state index in [0.29, 0.717) is 0 Å². The Labute approximate surface area is 94.5 Å². The van der Waals surface area contributed by atoms with Crippen molar-refractivity contribution in [3.8, 4) is 5.75 Å². The number of nitrogens with zero attached hydrogens (tertiary/aromatic N) is 1. The Kier molecular flexibility index (Phi) is 4.68. The smallest absolute Gasteiger partial charge is 0.251 e. The lowest BCUT2D eigenvalue weighted by molar-refractivity contribution is 0.0795. The predicted octanol–water partition coefficient (Wildman–Crippen LogP) is 3.04. The van der Waals surface area contributed by atoms with Gasteiger partial charge in [0.1, 0.15) is 5.75 Å². The van der Waals surface area contributed by atoms with E-state index in [1.54, 1.807) is 36.2 Å². The van der Waals surface area contributed by atoms with Gasteiger partial charge in [0, 0.05) is 6.04 Å². The molecule has 0 spiro atoms. The molecular weight excluding hydrogens is 212 g/mol. The number of alkyl halides is 2. The van der Waals surface area contributed by atoms with Crippen LogP contribution in [0.25, 0.3) is 0 Å². The van der Waals surface area contributed by atoms with Crippen LogP contribution in [0.15, 0.2) is 24.3 Å². The molecule has 1 unspecified atom stereocenters. The molecule has 0 aromatic heterocycles. The molecule has 2 nitrogen and oxygen atoms in total. The Hall–Kier alpha value is -1.16. The average molecular weight is 229 g/mol. The topological polar surface area (TPSA) is 23.5 Å². The van der Waals surface area contributed by atoms with Crippen LogP contribution in [0.1, 0.15) is 24.9 Å². The van der Waals surface area contributed by atoms with Crippen LogP contribution in [0.5, 0.6) is 5.75 Å². The van der Waals surface area contributed by atoms with Crippen LogP contribution in [-0.2, 0) is 0 Å². The third kappa shape index (κ3) is 3.45. The number of hydrogen-bond donors (Lipinski definition) is 1. The van der Waals surface area contributed by atoms with Gasteiger partial charge in [0.15, 0.2) is 0 Å². The van der Waals surface area contributed by atoms with Gasteiger partial charge in [-0.25, -0.2) is 8.78 Å². The first kappa shape index (κ1) is 12.9. The average Bonchev–Trinajstić information content (AvgIpc) is 2.21. The standard InChI is InChI=1S/C12H17F2NO/c1-3-11(15(2)8-12(13)14)9-4-6-10(16)7-5-9/h4-7,11-12,16H,3,8H2,1-2H3. The largest absolute Gasteiger partial charge is 0.508 e. The summed E-state index contributed by atoms with van der Waals surface area (Å²) in [5.74, 6) is 0.190. The number of rotatable bonds is 5. The molecule has 0 aliphatic heterocycles. The highest BCUT2D eigenvalue weighted by Gasteiger charge is 2.18. The lowest BCUT2D eigenvalue weighted by Crippen LogP contribution is -2.29. The Bertz CT molecular complexity index is 313. The predicted molar refractivity (Wildman–Crippen MR) is 59.8 cm³/mol. The van der Waals surface area contributed by atoms with Gasteiger partial charge in [0.2, 0.25) is 0 Å². The van der Waals surface area contributed by atoms with E-state index in [9.17, 15) is 8.78 Å². The Morgan fingerprint density at radius 2 is 1.81 bits per heavy atom. The summed E-state index contributed by atoms with van der Waals surface area (Å²) in [6.45, 7) is 1.72. The first-order valence-corrected chi connectivity index (χ1v) is 5.32. The van der Waals surface area contributed by atoms with Crippen LogP contribution in [0.3, 0.4) is 0 Å². The molecule has 1 N–H and O–H groups in total. The fourth-order valence-electron chi connectivity index (χ4n) is 1.84. The molecule has 1 aromatic carbocycles. The van der Waals surface area contributed by atoms with Gasteiger partial charge in [0.05, 0.1) is 6.54 Å². The van der Waals surface area contributed by atoms with Crippen LogP contribution in [-0.4, -0.2) is 30.0 Å². The third-order valence-corrected chi connectivity index (χ3v) is 2.62. The number of hydrogen-bond acceptors (Lipinski definition) is 2. The van der Waals surface area contributed by atoms with Gasteiger partial charge >= 0.3 is 0 Å². The zero-order valence-corrected chi connectivity index (χ0v) is 9.53. The zero-order chi connectivity index (χ0) is 12.1. The summed E-state index contributed by atoms with van der Waals surface area (Å²) < 4.78 is 24.6. The Balaban J connectivity index is 2.77. The second-order valence-corrected chi connectivity index (χ2v) is 3.85. The first-order valence-electron chi connectivity index (χ1n) is 5.32. The molecule has 0 aliphatic carbocycles. The van der Waals surface area contributed by atoms with Crippen molar-refractivity contribution in [2.75, 3.05) is 13.6 Å². The van der Waals surface area contributed by atoms with Gasteiger partial charge in [0.25, 0.3) is 6.43 Å². The van der Waals surface area contributed by atoms with Crippen LogP contribution < -0.4 is 0 Å². The lowest BCUT2D eigenvalue weighted by atomic mass is 10.0. The van der Waals surface area contributed by atoms with E-state index in [0.717, 1.165) is 12.0 Å². The van der Waals surface area contributed by atoms with Gasteiger partial charge in [-0.1, -0.05) is 19.1 Å². The minimum Gasteiger partial charge on any atom is -0.508 e. The van der Waals surface area contributed by atoms with E-state index in [-0.39, 0.29) is 18.3 Å². The molecule has 1 rings (SSSR count). The summed E-state index contributed by atoms with van der Waals surface area (Å²) in [6, 6.07) is 6.66. The molecule has 0 bridgehead atoms. The van der Waals surface area contributed by atoms with E-state index in [4.69, 9.17) is 5.11 Å². The SMILES string of the molecule is CCC(c1ccc(O)cc1)N(C)CC(F)F. The fourth-order valence-corrected chi connectivity index (χ4v) is 1.84. The van der Waals surface area contributed by atoms with Crippen molar-refractivity contribution >= 4 is 0 Å². The van der Waals surface area contributed by atoms with Gasteiger partial charge in [-0.05, 0) is 31.2 Å². The quantitative estimate of drug-likeness (QED) is 0.838. The van der Waals surface area contributed by atoms with E-state index >= 15 is 0 Å². The molecular formula is C12H17F2NO. The van der Waals surface area contributed by atoms with Gasteiger partial charge in [-0.3, -0.25) is 4.90 Å². The highest BCUT2D eigenvalue weighted by molar-refractivity contribution is 5.28. The van der Waals surface area contributed by atoms with Crippen LogP contribution in [0.2, 0.25) is 0 Å². The summed E-state index contributed by atoms with van der Waals surface area (Å²) in [5.41, 5.74) is 0.948. The van der Waals surface area contributed by atoms with E-state index < -0.39 is 6.43 Å². The van der Waals surface area contributed by atoms with E-state index in [1.165, 1.54) is 0 Å². The van der Waals surface area contributed by atoms with Crippen molar-refractivity contribution in [2.45, 2.75) is 25.8 Å². The maximum absolute atomic E-state index is 12.3. The van der Waals surface area contributed by atoms with Crippen molar-refractivity contribution in [1.29, 1.82) is 0 Å².